The number of rotatable bonds is 3. The fraction of sp³-hybridized carbons (Fsp3) is 0.235. The molecule has 0 radical (unpaired) electrons. The smallest absolute Gasteiger partial charge is 0.429 e. The third kappa shape index (κ3) is 2.75. The summed E-state index contributed by atoms with van der Waals surface area (Å²) in [5, 5.41) is 16.2. The van der Waals surface area contributed by atoms with Crippen LogP contribution in [0.5, 0.6) is 0 Å². The molecule has 0 fully saturated rings. The van der Waals surface area contributed by atoms with Crippen LogP contribution in [0.4, 0.5) is 19.0 Å². The van der Waals surface area contributed by atoms with Gasteiger partial charge in [-0.05, 0) is 19.1 Å². The Kier molecular flexibility index (Phi) is 4.72. The number of benzene rings is 1. The van der Waals surface area contributed by atoms with Crippen molar-refractivity contribution in [1.29, 1.82) is 5.26 Å². The van der Waals surface area contributed by atoms with E-state index in [0.29, 0.717) is 15.3 Å². The Balaban J connectivity index is 2.31. The Bertz CT molecular complexity index is 1010. The number of anilines is 1. The first kappa shape index (κ1) is 19.6. The van der Waals surface area contributed by atoms with E-state index < -0.39 is 29.1 Å². The lowest BCUT2D eigenvalue weighted by Gasteiger charge is -2.37. The summed E-state index contributed by atoms with van der Waals surface area (Å²) in [6.07, 6.45) is -5.25. The van der Waals surface area contributed by atoms with E-state index in [2.05, 4.69) is 15.2 Å². The van der Waals surface area contributed by atoms with E-state index in [9.17, 15) is 23.2 Å². The van der Waals surface area contributed by atoms with Gasteiger partial charge in [0.25, 0.3) is 5.54 Å². The molecule has 1 aliphatic heterocycles. The van der Waals surface area contributed by atoms with Crippen molar-refractivity contribution in [2.45, 2.75) is 18.6 Å². The number of nitrogens with zero attached hydrogens (tertiary/aromatic N) is 3. The van der Waals surface area contributed by atoms with E-state index in [1.165, 1.54) is 19.1 Å². The third-order valence-electron chi connectivity index (χ3n) is 4.15. The third-order valence-corrected chi connectivity index (χ3v) is 4.41. The van der Waals surface area contributed by atoms with Crippen molar-refractivity contribution >= 4 is 23.4 Å². The maximum Gasteiger partial charge on any atom is 0.429 e. The molecular weight excluding hydrogens is 399 g/mol. The van der Waals surface area contributed by atoms with Gasteiger partial charge in [-0.1, -0.05) is 23.7 Å². The summed E-state index contributed by atoms with van der Waals surface area (Å²) in [6, 6.07) is 8.85. The molecule has 0 bridgehead atoms. The number of aromatic nitrogens is 2. The van der Waals surface area contributed by atoms with Crippen LogP contribution in [0.2, 0.25) is 5.02 Å². The van der Waals surface area contributed by atoms with E-state index in [1.807, 2.05) is 0 Å². The Morgan fingerprint density at radius 3 is 2.61 bits per heavy atom. The van der Waals surface area contributed by atoms with E-state index in [-0.39, 0.29) is 18.1 Å². The van der Waals surface area contributed by atoms with Gasteiger partial charge in [-0.2, -0.15) is 23.5 Å². The second-order valence-electron chi connectivity index (χ2n) is 5.79. The van der Waals surface area contributed by atoms with Crippen molar-refractivity contribution in [1.82, 2.24) is 9.78 Å². The minimum Gasteiger partial charge on any atom is -0.464 e. The lowest BCUT2D eigenvalue weighted by atomic mass is 9.87. The molecule has 1 aromatic heterocycles. The molecule has 0 aliphatic carbocycles. The van der Waals surface area contributed by atoms with Gasteiger partial charge < -0.3 is 15.8 Å². The molecule has 1 aliphatic rings. The van der Waals surface area contributed by atoms with Crippen LogP contribution in [0, 0.1) is 11.3 Å². The number of halogens is 4. The van der Waals surface area contributed by atoms with Crippen LogP contribution in [0.3, 0.4) is 0 Å². The number of hydrogen-bond acceptors (Lipinski definition) is 6. The lowest BCUT2D eigenvalue weighted by Crippen LogP contribution is -2.59. The maximum atomic E-state index is 14.3. The highest BCUT2D eigenvalue weighted by atomic mass is 35.5. The van der Waals surface area contributed by atoms with Gasteiger partial charge in [0.15, 0.2) is 0 Å². The molecule has 0 unspecified atom stereocenters. The van der Waals surface area contributed by atoms with Crippen molar-refractivity contribution in [2.24, 2.45) is 5.73 Å². The summed E-state index contributed by atoms with van der Waals surface area (Å²) < 4.78 is 47.9. The molecule has 11 heteroatoms. The lowest BCUT2D eigenvalue weighted by molar-refractivity contribution is -0.218. The Morgan fingerprint density at radius 1 is 1.43 bits per heavy atom. The molecule has 2 heterocycles. The van der Waals surface area contributed by atoms with Crippen LogP contribution in [0.15, 0.2) is 41.7 Å². The van der Waals surface area contributed by atoms with Crippen molar-refractivity contribution in [3.63, 3.8) is 0 Å². The summed E-state index contributed by atoms with van der Waals surface area (Å²) in [5.74, 6) is -2.52. The average molecular weight is 412 g/mol. The molecule has 1 atom stereocenters. The first-order valence-electron chi connectivity index (χ1n) is 7.94. The minimum atomic E-state index is -5.25. The van der Waals surface area contributed by atoms with Gasteiger partial charge in [0.05, 0.1) is 12.3 Å². The molecule has 0 amide bonds. The summed E-state index contributed by atoms with van der Waals surface area (Å²) >= 11 is 5.83. The second-order valence-corrected chi connectivity index (χ2v) is 6.22. The first-order chi connectivity index (χ1) is 13.2. The van der Waals surface area contributed by atoms with Crippen molar-refractivity contribution in [2.75, 3.05) is 11.9 Å². The predicted octanol–water partition coefficient (Wildman–Crippen LogP) is 3.14. The Labute approximate surface area is 162 Å². The monoisotopic (exact) mass is 411 g/mol. The number of carbonyl (C=O) groups excluding carboxylic acids is 1. The topological polar surface area (TPSA) is 106 Å². The number of fused-ring (bicyclic) bond motifs is 1. The molecular formula is C17H13ClF3N5O2. The van der Waals surface area contributed by atoms with Crippen LogP contribution < -0.4 is 11.1 Å². The number of hydrogen-bond donors (Lipinski definition) is 2. The van der Waals surface area contributed by atoms with Crippen LogP contribution >= 0.6 is 11.6 Å². The molecule has 7 nitrogen and oxygen atoms in total. The molecule has 3 rings (SSSR count). The quantitative estimate of drug-likeness (QED) is 0.751. The Morgan fingerprint density at radius 2 is 2.07 bits per heavy atom. The van der Waals surface area contributed by atoms with Crippen LogP contribution in [0.25, 0.3) is 11.3 Å². The molecule has 1 aromatic carbocycles. The number of nitrogens with two attached hydrogens (primary N) is 1. The zero-order chi connectivity index (χ0) is 20.7. The van der Waals surface area contributed by atoms with Gasteiger partial charge in [-0.3, -0.25) is 0 Å². The van der Waals surface area contributed by atoms with E-state index >= 15 is 0 Å². The van der Waals surface area contributed by atoms with Crippen LogP contribution in [0.1, 0.15) is 6.92 Å². The van der Waals surface area contributed by atoms with E-state index in [1.54, 1.807) is 24.3 Å². The summed E-state index contributed by atoms with van der Waals surface area (Å²) in [6.45, 7) is 1.02. The number of alkyl halides is 3. The fourth-order valence-corrected chi connectivity index (χ4v) is 3.06. The zero-order valence-electron chi connectivity index (χ0n) is 14.3. The van der Waals surface area contributed by atoms with Gasteiger partial charge in [0.1, 0.15) is 23.3 Å². The maximum absolute atomic E-state index is 14.3. The SMILES string of the molecule is CCOC(=O)[C@@]1(C(F)(F)F)C(C#N)=C(N)Nc2cc(-c3ccc(Cl)cc3)nn21. The predicted molar refractivity (Wildman–Crippen MR) is 93.8 cm³/mol. The molecule has 28 heavy (non-hydrogen) atoms. The number of nitriles is 1. The van der Waals surface area contributed by atoms with Gasteiger partial charge in [0, 0.05) is 16.7 Å². The number of nitrogens with one attached hydrogen (secondary N) is 1. The van der Waals surface area contributed by atoms with Crippen molar-refractivity contribution in [3.05, 3.63) is 46.7 Å². The first-order valence-corrected chi connectivity index (χ1v) is 8.32. The standard InChI is InChI=1S/C17H13ClF3N5O2/c1-2-28-15(27)16(17(19,20)21)11(8-22)14(23)24-13-7-12(25-26(13)16)9-3-5-10(18)6-4-9/h3-7,24H,2,23H2,1H3/t16-/m1/s1. The highest BCUT2D eigenvalue weighted by molar-refractivity contribution is 6.30. The largest absolute Gasteiger partial charge is 0.464 e. The molecule has 0 saturated carbocycles. The minimum absolute atomic E-state index is 0.115. The number of esters is 1. The molecule has 3 N–H and O–H groups in total. The summed E-state index contributed by atoms with van der Waals surface area (Å²) in [4.78, 5) is 12.5. The van der Waals surface area contributed by atoms with Gasteiger partial charge >= 0.3 is 12.1 Å². The molecule has 0 saturated heterocycles. The van der Waals surface area contributed by atoms with Gasteiger partial charge in [-0.15, -0.1) is 0 Å². The van der Waals surface area contributed by atoms with Crippen molar-refractivity contribution < 1.29 is 22.7 Å². The average Bonchev–Trinajstić information content (AvgIpc) is 3.03. The van der Waals surface area contributed by atoms with Crippen LogP contribution in [-0.2, 0) is 15.1 Å². The summed E-state index contributed by atoms with van der Waals surface area (Å²) in [5.41, 5.74) is 1.67. The highest BCUT2D eigenvalue weighted by Crippen LogP contribution is 2.48. The van der Waals surface area contributed by atoms with Gasteiger partial charge in [0.2, 0.25) is 0 Å². The second kappa shape index (κ2) is 6.76. The molecule has 146 valence electrons. The summed E-state index contributed by atoms with van der Waals surface area (Å²) in [7, 11) is 0. The zero-order valence-corrected chi connectivity index (χ0v) is 15.1. The highest BCUT2D eigenvalue weighted by Gasteiger charge is 2.69. The normalized spacial score (nSPS) is 18.9. The Hall–Kier alpha value is -3.19. The number of ether oxygens (including phenoxy) is 1. The van der Waals surface area contributed by atoms with E-state index in [0.717, 1.165) is 0 Å². The fourth-order valence-electron chi connectivity index (χ4n) is 2.93. The molecule has 0 spiro atoms. The number of carbonyl (C=O) groups is 1. The van der Waals surface area contributed by atoms with Gasteiger partial charge in [-0.25, -0.2) is 9.48 Å². The van der Waals surface area contributed by atoms with E-state index in [4.69, 9.17) is 17.3 Å². The van der Waals surface area contributed by atoms with Crippen molar-refractivity contribution in [3.8, 4) is 17.3 Å². The van der Waals surface area contributed by atoms with Crippen LogP contribution in [-0.4, -0.2) is 28.5 Å². The molecule has 2 aromatic rings.